The van der Waals surface area contributed by atoms with Crippen LogP contribution in [0.1, 0.15) is 39.5 Å². The summed E-state index contributed by atoms with van der Waals surface area (Å²) in [5.41, 5.74) is 0. The lowest BCUT2D eigenvalue weighted by Gasteiger charge is -2.15. The van der Waals surface area contributed by atoms with Gasteiger partial charge in [0, 0.05) is 32.2 Å². The van der Waals surface area contributed by atoms with E-state index in [2.05, 4.69) is 5.32 Å². The van der Waals surface area contributed by atoms with E-state index in [0.717, 1.165) is 19.3 Å². The Morgan fingerprint density at radius 2 is 2.21 bits per heavy atom. The molecule has 0 bridgehead atoms. The fraction of sp³-hybridized carbons (Fsp3) is 0.857. The number of hydrogen-bond acceptors (Lipinski definition) is 3. The van der Waals surface area contributed by atoms with E-state index in [1.54, 1.807) is 0 Å². The van der Waals surface area contributed by atoms with Crippen LogP contribution in [0.4, 0.5) is 0 Å². The Balaban J connectivity index is 1.62. The van der Waals surface area contributed by atoms with E-state index in [9.17, 15) is 9.59 Å². The molecule has 0 spiro atoms. The van der Waals surface area contributed by atoms with Crippen LogP contribution in [0.15, 0.2) is 0 Å². The summed E-state index contributed by atoms with van der Waals surface area (Å²) in [5.74, 6) is 0.00551. The standard InChI is InChI=1S/C14H24N2O3/c1-10(2)19-7-3-6-15-14(18)11-8-13(17)16(9-11)12-4-5-12/h10-12H,3-9H2,1-2H3,(H,15,18)/t11-/m0/s1. The van der Waals surface area contributed by atoms with Crippen LogP contribution < -0.4 is 5.32 Å². The van der Waals surface area contributed by atoms with Crippen molar-refractivity contribution >= 4 is 11.8 Å². The van der Waals surface area contributed by atoms with Crippen LogP contribution in [0.25, 0.3) is 0 Å². The average Bonchev–Trinajstić information content (AvgIpc) is 3.11. The predicted octanol–water partition coefficient (Wildman–Crippen LogP) is 0.929. The van der Waals surface area contributed by atoms with Crippen LogP contribution in [-0.2, 0) is 14.3 Å². The summed E-state index contributed by atoms with van der Waals surface area (Å²) >= 11 is 0. The van der Waals surface area contributed by atoms with Crippen molar-refractivity contribution in [1.29, 1.82) is 0 Å². The maximum atomic E-state index is 11.9. The summed E-state index contributed by atoms with van der Waals surface area (Å²) in [5, 5.41) is 2.90. The molecule has 1 N–H and O–H groups in total. The van der Waals surface area contributed by atoms with E-state index in [1.807, 2.05) is 18.7 Å². The number of rotatable bonds is 7. The molecular weight excluding hydrogens is 244 g/mol. The molecule has 2 amide bonds. The van der Waals surface area contributed by atoms with Crippen molar-refractivity contribution in [3.8, 4) is 0 Å². The Morgan fingerprint density at radius 3 is 2.84 bits per heavy atom. The summed E-state index contributed by atoms with van der Waals surface area (Å²) in [6.45, 7) is 5.89. The van der Waals surface area contributed by atoms with Crippen LogP contribution in [0.3, 0.4) is 0 Å². The molecule has 0 aromatic carbocycles. The van der Waals surface area contributed by atoms with Crippen molar-refractivity contribution in [1.82, 2.24) is 10.2 Å². The van der Waals surface area contributed by atoms with E-state index >= 15 is 0 Å². The van der Waals surface area contributed by atoms with Crippen molar-refractivity contribution in [3.05, 3.63) is 0 Å². The fourth-order valence-electron chi connectivity index (χ4n) is 2.39. The van der Waals surface area contributed by atoms with E-state index in [-0.39, 0.29) is 23.8 Å². The van der Waals surface area contributed by atoms with Crippen LogP contribution in [0.2, 0.25) is 0 Å². The largest absolute Gasteiger partial charge is 0.379 e. The molecule has 0 aromatic heterocycles. The van der Waals surface area contributed by atoms with Gasteiger partial charge in [0.1, 0.15) is 0 Å². The molecule has 1 saturated carbocycles. The molecular formula is C14H24N2O3. The number of nitrogens with one attached hydrogen (secondary N) is 1. The summed E-state index contributed by atoms with van der Waals surface area (Å²) < 4.78 is 5.41. The molecule has 2 rings (SSSR count). The van der Waals surface area contributed by atoms with Gasteiger partial charge >= 0.3 is 0 Å². The van der Waals surface area contributed by atoms with Crippen LogP contribution in [0.5, 0.6) is 0 Å². The first-order valence-electron chi connectivity index (χ1n) is 7.26. The Morgan fingerprint density at radius 1 is 1.47 bits per heavy atom. The summed E-state index contributed by atoms with van der Waals surface area (Å²) in [7, 11) is 0. The van der Waals surface area contributed by atoms with Gasteiger partial charge in [-0.15, -0.1) is 0 Å². The molecule has 0 aromatic rings. The monoisotopic (exact) mass is 268 g/mol. The number of ether oxygens (including phenoxy) is 1. The predicted molar refractivity (Wildman–Crippen MR) is 71.6 cm³/mol. The zero-order chi connectivity index (χ0) is 13.8. The van der Waals surface area contributed by atoms with Crippen molar-refractivity contribution in [2.45, 2.75) is 51.7 Å². The minimum absolute atomic E-state index is 0.0149. The van der Waals surface area contributed by atoms with Crippen molar-refractivity contribution < 1.29 is 14.3 Å². The van der Waals surface area contributed by atoms with Gasteiger partial charge in [0.2, 0.25) is 11.8 Å². The highest BCUT2D eigenvalue weighted by Gasteiger charge is 2.41. The maximum Gasteiger partial charge on any atom is 0.225 e. The number of amides is 2. The highest BCUT2D eigenvalue weighted by atomic mass is 16.5. The Kier molecular flexibility index (Phi) is 4.80. The van der Waals surface area contributed by atoms with Crippen molar-refractivity contribution in [3.63, 3.8) is 0 Å². The van der Waals surface area contributed by atoms with E-state index in [4.69, 9.17) is 4.74 Å². The molecule has 0 radical (unpaired) electrons. The lowest BCUT2D eigenvalue weighted by atomic mass is 10.1. The van der Waals surface area contributed by atoms with Gasteiger partial charge < -0.3 is 15.0 Å². The molecule has 2 fully saturated rings. The summed E-state index contributed by atoms with van der Waals surface area (Å²) in [6, 6.07) is 0.421. The van der Waals surface area contributed by atoms with Crippen molar-refractivity contribution in [2.24, 2.45) is 5.92 Å². The molecule has 19 heavy (non-hydrogen) atoms. The lowest BCUT2D eigenvalue weighted by Crippen LogP contribution is -2.34. The smallest absolute Gasteiger partial charge is 0.225 e. The minimum Gasteiger partial charge on any atom is -0.379 e. The second-order valence-corrected chi connectivity index (χ2v) is 5.74. The number of hydrogen-bond donors (Lipinski definition) is 1. The Labute approximate surface area is 114 Å². The fourth-order valence-corrected chi connectivity index (χ4v) is 2.39. The second-order valence-electron chi connectivity index (χ2n) is 5.74. The number of nitrogens with zero attached hydrogens (tertiary/aromatic N) is 1. The average molecular weight is 268 g/mol. The third-order valence-corrected chi connectivity index (χ3v) is 3.59. The molecule has 108 valence electrons. The first-order chi connectivity index (χ1) is 9.08. The third-order valence-electron chi connectivity index (χ3n) is 3.59. The molecule has 5 heteroatoms. The first-order valence-corrected chi connectivity index (χ1v) is 7.26. The van der Waals surface area contributed by atoms with E-state index in [0.29, 0.717) is 32.2 Å². The van der Waals surface area contributed by atoms with E-state index < -0.39 is 0 Å². The molecule has 5 nitrogen and oxygen atoms in total. The van der Waals surface area contributed by atoms with Gasteiger partial charge in [0.05, 0.1) is 12.0 Å². The Hall–Kier alpha value is -1.10. The topological polar surface area (TPSA) is 58.6 Å². The number of likely N-dealkylation sites (tertiary alicyclic amines) is 1. The molecule has 1 aliphatic heterocycles. The van der Waals surface area contributed by atoms with Gasteiger partial charge in [0.25, 0.3) is 0 Å². The van der Waals surface area contributed by atoms with E-state index in [1.165, 1.54) is 0 Å². The Bertz CT molecular complexity index is 340. The zero-order valence-electron chi connectivity index (χ0n) is 11.9. The molecule has 1 atom stereocenters. The van der Waals surface area contributed by atoms with Gasteiger partial charge in [-0.3, -0.25) is 9.59 Å². The minimum atomic E-state index is -0.154. The quantitative estimate of drug-likeness (QED) is 0.699. The normalized spacial score (nSPS) is 23.2. The lowest BCUT2D eigenvalue weighted by molar-refractivity contribution is -0.129. The number of carbonyl (C=O) groups excluding carboxylic acids is 2. The SMILES string of the molecule is CC(C)OCCCNC(=O)[C@H]1CC(=O)N(C2CC2)C1. The van der Waals surface area contributed by atoms with Crippen LogP contribution in [-0.4, -0.2) is 48.6 Å². The highest BCUT2D eigenvalue weighted by Crippen LogP contribution is 2.32. The second kappa shape index (κ2) is 6.37. The number of carbonyl (C=O) groups is 2. The maximum absolute atomic E-state index is 11.9. The van der Waals surface area contributed by atoms with Gasteiger partial charge in [-0.1, -0.05) is 0 Å². The molecule has 0 unspecified atom stereocenters. The molecule has 2 aliphatic rings. The van der Waals surface area contributed by atoms with Crippen molar-refractivity contribution in [2.75, 3.05) is 19.7 Å². The van der Waals surface area contributed by atoms with Gasteiger partial charge in [-0.2, -0.15) is 0 Å². The zero-order valence-corrected chi connectivity index (χ0v) is 11.9. The molecule has 1 saturated heterocycles. The first kappa shape index (κ1) is 14.3. The third kappa shape index (κ3) is 4.20. The van der Waals surface area contributed by atoms with Gasteiger partial charge in [-0.05, 0) is 33.1 Å². The summed E-state index contributed by atoms with van der Waals surface area (Å²) in [6.07, 6.45) is 3.64. The summed E-state index contributed by atoms with van der Waals surface area (Å²) in [4.78, 5) is 25.6. The molecule has 1 aliphatic carbocycles. The van der Waals surface area contributed by atoms with Gasteiger partial charge in [0.15, 0.2) is 0 Å². The highest BCUT2D eigenvalue weighted by molar-refractivity contribution is 5.89. The van der Waals surface area contributed by atoms with Gasteiger partial charge in [-0.25, -0.2) is 0 Å². The van der Waals surface area contributed by atoms with Crippen LogP contribution >= 0.6 is 0 Å². The van der Waals surface area contributed by atoms with Crippen LogP contribution in [0, 0.1) is 5.92 Å². The molecule has 1 heterocycles.